The first kappa shape index (κ1) is 20.2. The fourth-order valence-corrected chi connectivity index (χ4v) is 3.35. The number of ether oxygens (including phenoxy) is 4. The van der Waals surface area contributed by atoms with E-state index in [1.807, 2.05) is 6.92 Å². The number of methoxy groups -OCH3 is 3. The van der Waals surface area contributed by atoms with Gasteiger partial charge in [-0.3, -0.25) is 0 Å². The van der Waals surface area contributed by atoms with Crippen LogP contribution in [0.25, 0.3) is 0 Å². The maximum absolute atomic E-state index is 12.4. The van der Waals surface area contributed by atoms with Gasteiger partial charge in [0.05, 0.1) is 26.9 Å². The maximum atomic E-state index is 12.4. The standard InChI is InChI=1S/C18H19NO7S/c1-9-5-6-10(7-12(9)23-2)16(20)26-8-11-13(17(21)24-3)15(19)27-14(11)18(22)25-4/h5-7H,8,19H2,1-4H3. The molecule has 2 aromatic rings. The summed E-state index contributed by atoms with van der Waals surface area (Å²) in [4.78, 5) is 36.4. The number of nitrogen functional groups attached to an aromatic ring is 1. The molecule has 0 radical (unpaired) electrons. The zero-order valence-corrected chi connectivity index (χ0v) is 16.1. The van der Waals surface area contributed by atoms with Gasteiger partial charge in [-0.25, -0.2) is 14.4 Å². The van der Waals surface area contributed by atoms with Crippen LogP contribution >= 0.6 is 11.3 Å². The Morgan fingerprint density at radius 3 is 2.30 bits per heavy atom. The van der Waals surface area contributed by atoms with Crippen LogP contribution in [0.2, 0.25) is 0 Å². The molecule has 144 valence electrons. The highest BCUT2D eigenvalue weighted by molar-refractivity contribution is 7.18. The molecule has 0 aliphatic rings. The maximum Gasteiger partial charge on any atom is 0.348 e. The molecule has 0 aliphatic heterocycles. The molecule has 0 bridgehead atoms. The molecule has 0 fully saturated rings. The molecule has 2 N–H and O–H groups in total. The molecule has 1 aromatic carbocycles. The normalized spacial score (nSPS) is 10.2. The van der Waals surface area contributed by atoms with Crippen molar-refractivity contribution in [2.45, 2.75) is 13.5 Å². The van der Waals surface area contributed by atoms with Crippen LogP contribution in [0.1, 0.15) is 41.5 Å². The first-order valence-corrected chi connectivity index (χ1v) is 8.55. The summed E-state index contributed by atoms with van der Waals surface area (Å²) in [6, 6.07) is 4.85. The second kappa shape index (κ2) is 8.54. The predicted molar refractivity (Wildman–Crippen MR) is 98.3 cm³/mol. The molecule has 0 saturated heterocycles. The van der Waals surface area contributed by atoms with Gasteiger partial charge in [0.15, 0.2) is 0 Å². The first-order chi connectivity index (χ1) is 12.8. The minimum Gasteiger partial charge on any atom is -0.496 e. The molecule has 2 rings (SSSR count). The number of nitrogens with two attached hydrogens (primary N) is 1. The Balaban J connectivity index is 2.32. The molecule has 0 amide bonds. The molecule has 0 unspecified atom stereocenters. The van der Waals surface area contributed by atoms with Gasteiger partial charge in [-0.05, 0) is 24.6 Å². The third kappa shape index (κ3) is 4.20. The Hall–Kier alpha value is -3.07. The fourth-order valence-electron chi connectivity index (χ4n) is 2.37. The summed E-state index contributed by atoms with van der Waals surface area (Å²) in [5, 5.41) is 0.0744. The average Bonchev–Trinajstić information content (AvgIpc) is 3.01. The second-order valence-corrected chi connectivity index (χ2v) is 6.44. The lowest BCUT2D eigenvalue weighted by Gasteiger charge is -2.10. The lowest BCUT2D eigenvalue weighted by molar-refractivity contribution is 0.0452. The predicted octanol–water partition coefficient (Wildman–Crippen LogP) is 2.58. The van der Waals surface area contributed by atoms with E-state index in [-0.39, 0.29) is 33.2 Å². The molecular formula is C18H19NO7S. The minimum absolute atomic E-state index is 0.0165. The molecule has 9 heteroatoms. The summed E-state index contributed by atoms with van der Waals surface area (Å²) in [7, 11) is 3.88. The molecule has 1 heterocycles. The van der Waals surface area contributed by atoms with Crippen LogP contribution in [0.4, 0.5) is 5.00 Å². The van der Waals surface area contributed by atoms with Crippen molar-refractivity contribution in [1.82, 2.24) is 0 Å². The summed E-state index contributed by atoms with van der Waals surface area (Å²) in [5.41, 5.74) is 7.09. The minimum atomic E-state index is -0.734. The van der Waals surface area contributed by atoms with E-state index in [1.54, 1.807) is 18.2 Å². The highest BCUT2D eigenvalue weighted by Gasteiger charge is 2.28. The van der Waals surface area contributed by atoms with Crippen molar-refractivity contribution < 1.29 is 33.3 Å². The zero-order chi connectivity index (χ0) is 20.1. The van der Waals surface area contributed by atoms with Crippen molar-refractivity contribution in [3.63, 3.8) is 0 Å². The number of hydrogen-bond acceptors (Lipinski definition) is 9. The summed E-state index contributed by atoms with van der Waals surface area (Å²) in [5.74, 6) is -1.54. The largest absolute Gasteiger partial charge is 0.496 e. The number of thiophene rings is 1. The van der Waals surface area contributed by atoms with Crippen LogP contribution in [0.15, 0.2) is 18.2 Å². The number of esters is 3. The van der Waals surface area contributed by atoms with Gasteiger partial charge in [0.25, 0.3) is 0 Å². The summed E-state index contributed by atoms with van der Waals surface area (Å²) >= 11 is 0.864. The number of benzene rings is 1. The van der Waals surface area contributed by atoms with Gasteiger partial charge in [0, 0.05) is 5.56 Å². The highest BCUT2D eigenvalue weighted by Crippen LogP contribution is 2.33. The Morgan fingerprint density at radius 1 is 1.04 bits per heavy atom. The Kier molecular flexibility index (Phi) is 6.40. The topological polar surface area (TPSA) is 114 Å². The van der Waals surface area contributed by atoms with Crippen LogP contribution in [0.3, 0.4) is 0 Å². The number of carbonyl (C=O) groups excluding carboxylic acids is 3. The number of hydrogen-bond donors (Lipinski definition) is 1. The smallest absolute Gasteiger partial charge is 0.348 e. The van der Waals surface area contributed by atoms with E-state index < -0.39 is 17.9 Å². The first-order valence-electron chi connectivity index (χ1n) is 7.73. The van der Waals surface area contributed by atoms with Crippen molar-refractivity contribution in [3.8, 4) is 5.75 Å². The summed E-state index contributed by atoms with van der Waals surface area (Å²) < 4.78 is 19.9. The van der Waals surface area contributed by atoms with Crippen molar-refractivity contribution >= 4 is 34.2 Å². The van der Waals surface area contributed by atoms with Gasteiger partial charge in [0.2, 0.25) is 0 Å². The van der Waals surface area contributed by atoms with Gasteiger partial charge in [-0.2, -0.15) is 0 Å². The molecule has 0 atom stereocenters. The zero-order valence-electron chi connectivity index (χ0n) is 15.3. The molecular weight excluding hydrogens is 374 g/mol. The Bertz CT molecular complexity index is 888. The van der Waals surface area contributed by atoms with E-state index in [4.69, 9.17) is 24.7 Å². The SMILES string of the molecule is COC(=O)c1sc(N)c(C(=O)OC)c1COC(=O)c1ccc(C)c(OC)c1. The van der Waals surface area contributed by atoms with Gasteiger partial charge in [-0.15, -0.1) is 11.3 Å². The molecule has 0 aliphatic carbocycles. The lowest BCUT2D eigenvalue weighted by Crippen LogP contribution is -2.13. The van der Waals surface area contributed by atoms with Gasteiger partial charge in [0.1, 0.15) is 27.8 Å². The molecule has 27 heavy (non-hydrogen) atoms. The molecule has 1 aromatic heterocycles. The number of anilines is 1. The van der Waals surface area contributed by atoms with Crippen molar-refractivity contribution in [2.24, 2.45) is 0 Å². The molecule has 0 spiro atoms. The van der Waals surface area contributed by atoms with Gasteiger partial charge < -0.3 is 24.7 Å². The van der Waals surface area contributed by atoms with Crippen LogP contribution < -0.4 is 10.5 Å². The van der Waals surface area contributed by atoms with Gasteiger partial charge >= 0.3 is 17.9 Å². The van der Waals surface area contributed by atoms with Crippen molar-refractivity contribution in [2.75, 3.05) is 27.1 Å². The van der Waals surface area contributed by atoms with Crippen LogP contribution in [0.5, 0.6) is 5.75 Å². The number of carbonyl (C=O) groups is 3. The van der Waals surface area contributed by atoms with E-state index in [2.05, 4.69) is 0 Å². The van der Waals surface area contributed by atoms with E-state index in [1.165, 1.54) is 21.3 Å². The number of aryl methyl sites for hydroxylation is 1. The quantitative estimate of drug-likeness (QED) is 0.588. The monoisotopic (exact) mass is 393 g/mol. The highest BCUT2D eigenvalue weighted by atomic mass is 32.1. The summed E-state index contributed by atoms with van der Waals surface area (Å²) in [6.45, 7) is 1.49. The fraction of sp³-hybridized carbons (Fsp3) is 0.278. The average molecular weight is 393 g/mol. The van der Waals surface area contributed by atoms with Crippen molar-refractivity contribution in [1.29, 1.82) is 0 Å². The Labute approximate surface area is 159 Å². The van der Waals surface area contributed by atoms with Crippen molar-refractivity contribution in [3.05, 3.63) is 45.3 Å². The third-order valence-corrected chi connectivity index (χ3v) is 4.83. The molecule has 8 nitrogen and oxygen atoms in total. The summed E-state index contributed by atoms with van der Waals surface area (Å²) in [6.07, 6.45) is 0. The number of rotatable bonds is 6. The Morgan fingerprint density at radius 2 is 1.70 bits per heavy atom. The van der Waals surface area contributed by atoms with Crippen LogP contribution in [-0.4, -0.2) is 39.2 Å². The van der Waals surface area contributed by atoms with Gasteiger partial charge in [-0.1, -0.05) is 6.07 Å². The molecule has 0 saturated carbocycles. The van der Waals surface area contributed by atoms with E-state index in [0.717, 1.165) is 16.9 Å². The van der Waals surface area contributed by atoms with Crippen LogP contribution in [0, 0.1) is 6.92 Å². The van der Waals surface area contributed by atoms with E-state index in [0.29, 0.717) is 5.75 Å². The van der Waals surface area contributed by atoms with Crippen LogP contribution in [-0.2, 0) is 20.8 Å². The third-order valence-electron chi connectivity index (χ3n) is 3.79. The lowest BCUT2D eigenvalue weighted by atomic mass is 10.1. The van der Waals surface area contributed by atoms with E-state index >= 15 is 0 Å². The second-order valence-electron chi connectivity index (χ2n) is 5.39. The van der Waals surface area contributed by atoms with E-state index in [9.17, 15) is 14.4 Å².